The van der Waals surface area contributed by atoms with Crippen molar-refractivity contribution in [2.24, 2.45) is 0 Å². The van der Waals surface area contributed by atoms with Gasteiger partial charge in [-0.25, -0.2) is 4.79 Å². The lowest BCUT2D eigenvalue weighted by Gasteiger charge is -2.33. The van der Waals surface area contributed by atoms with Gasteiger partial charge in [0.1, 0.15) is 6.54 Å². The van der Waals surface area contributed by atoms with Crippen molar-refractivity contribution in [3.05, 3.63) is 108 Å². The predicted octanol–water partition coefficient (Wildman–Crippen LogP) is 1.56. The molecule has 1 heterocycles. The quantitative estimate of drug-likeness (QED) is 0.223. The molecule has 3 aromatic rings. The van der Waals surface area contributed by atoms with Crippen LogP contribution in [0.25, 0.3) is 0 Å². The molecule has 4 rings (SSSR count). The van der Waals surface area contributed by atoms with Gasteiger partial charge < -0.3 is 35.7 Å². The zero-order chi connectivity index (χ0) is 23.9. The lowest BCUT2D eigenvalue weighted by Crippen LogP contribution is -3.00. The third-order valence-electron chi connectivity index (χ3n) is 6.33. The van der Waals surface area contributed by atoms with Gasteiger partial charge in [0.2, 0.25) is 5.60 Å². The third kappa shape index (κ3) is 6.79. The summed E-state index contributed by atoms with van der Waals surface area (Å²) in [6.07, 6.45) is 0.714. The fraction of sp³-hybridized carbons (Fsp3) is 0.345. The van der Waals surface area contributed by atoms with Crippen LogP contribution in [-0.2, 0) is 31.2 Å². The van der Waals surface area contributed by atoms with E-state index < -0.39 is 5.60 Å². The SMILES string of the molecule is C[N+]1(C)CCC(OC(=O)C(OCCOCc2ccccc2)(c2ccccc2)c2ccccc2)C1.[Br-]. The Balaban J connectivity index is 0.00000342. The monoisotopic (exact) mass is 539 g/mol. The van der Waals surface area contributed by atoms with Crippen LogP contribution in [0.2, 0.25) is 0 Å². The van der Waals surface area contributed by atoms with E-state index in [1.54, 1.807) is 0 Å². The Morgan fingerprint density at radius 2 is 1.40 bits per heavy atom. The second kappa shape index (κ2) is 12.5. The molecular formula is C29H34BrNO4. The van der Waals surface area contributed by atoms with Crippen LogP contribution in [0.3, 0.4) is 0 Å². The molecule has 186 valence electrons. The molecule has 1 atom stereocenters. The Morgan fingerprint density at radius 1 is 0.857 bits per heavy atom. The van der Waals surface area contributed by atoms with Gasteiger partial charge in [-0.05, 0) is 16.7 Å². The molecule has 6 heteroatoms. The molecule has 1 aliphatic rings. The van der Waals surface area contributed by atoms with Crippen molar-refractivity contribution >= 4 is 5.97 Å². The normalized spacial score (nSPS) is 16.9. The number of hydrogen-bond donors (Lipinski definition) is 0. The Bertz CT molecular complexity index is 1000. The minimum absolute atomic E-state index is 0. The molecule has 1 unspecified atom stereocenters. The van der Waals surface area contributed by atoms with E-state index in [1.165, 1.54) is 0 Å². The standard InChI is InChI=1S/C29H34NO4.BrH/c1-30(2)19-18-27(22-30)34-28(31)29(25-14-8-4-9-15-25,26-16-10-5-11-17-26)33-21-20-32-23-24-12-6-3-7-13-24;/h3-17,27H,18-23H2,1-2H3;1H/q+1;/p-1. The van der Waals surface area contributed by atoms with E-state index >= 15 is 0 Å². The number of esters is 1. The number of carbonyl (C=O) groups is 1. The van der Waals surface area contributed by atoms with Gasteiger partial charge >= 0.3 is 5.97 Å². The van der Waals surface area contributed by atoms with E-state index in [0.717, 1.165) is 40.7 Å². The number of rotatable bonds is 10. The van der Waals surface area contributed by atoms with E-state index in [2.05, 4.69) is 14.1 Å². The fourth-order valence-corrected chi connectivity index (χ4v) is 4.55. The molecule has 0 radical (unpaired) electrons. The maximum Gasteiger partial charge on any atom is 0.348 e. The molecule has 1 saturated heterocycles. The topological polar surface area (TPSA) is 44.8 Å². The van der Waals surface area contributed by atoms with Gasteiger partial charge in [0.15, 0.2) is 6.10 Å². The Hall–Kier alpha value is -2.51. The van der Waals surface area contributed by atoms with Crippen LogP contribution in [0, 0.1) is 0 Å². The maximum absolute atomic E-state index is 13.9. The first-order valence-corrected chi connectivity index (χ1v) is 11.9. The van der Waals surface area contributed by atoms with E-state index in [1.807, 2.05) is 91.0 Å². The molecule has 0 N–H and O–H groups in total. The Labute approximate surface area is 219 Å². The predicted molar refractivity (Wildman–Crippen MR) is 132 cm³/mol. The highest BCUT2D eigenvalue weighted by molar-refractivity contribution is 5.86. The highest BCUT2D eigenvalue weighted by atomic mass is 79.9. The van der Waals surface area contributed by atoms with Crippen molar-refractivity contribution in [3.8, 4) is 0 Å². The summed E-state index contributed by atoms with van der Waals surface area (Å²) < 4.78 is 19.3. The van der Waals surface area contributed by atoms with E-state index in [0.29, 0.717) is 13.2 Å². The molecule has 1 aliphatic heterocycles. The van der Waals surface area contributed by atoms with Crippen molar-refractivity contribution < 1.29 is 40.5 Å². The summed E-state index contributed by atoms with van der Waals surface area (Å²) in [5, 5.41) is 0. The molecule has 0 aromatic heterocycles. The number of benzene rings is 3. The average Bonchev–Trinajstić information content (AvgIpc) is 3.21. The second-order valence-corrected chi connectivity index (χ2v) is 9.46. The summed E-state index contributed by atoms with van der Waals surface area (Å²) in [5.41, 5.74) is 1.24. The van der Waals surface area contributed by atoms with Gasteiger partial charge in [-0.3, -0.25) is 0 Å². The number of likely N-dealkylation sites (N-methyl/N-ethyl adjacent to an activating group) is 1. The van der Waals surface area contributed by atoms with Crippen LogP contribution >= 0.6 is 0 Å². The number of halogens is 1. The van der Waals surface area contributed by atoms with Crippen LogP contribution in [0.4, 0.5) is 0 Å². The van der Waals surface area contributed by atoms with Crippen molar-refractivity contribution in [3.63, 3.8) is 0 Å². The number of ether oxygens (including phenoxy) is 3. The molecule has 35 heavy (non-hydrogen) atoms. The van der Waals surface area contributed by atoms with Crippen LogP contribution in [-0.4, -0.2) is 57.0 Å². The van der Waals surface area contributed by atoms with Crippen molar-refractivity contribution in [1.29, 1.82) is 0 Å². The summed E-state index contributed by atoms with van der Waals surface area (Å²) in [6.45, 7) is 2.88. The smallest absolute Gasteiger partial charge is 0.348 e. The highest BCUT2D eigenvalue weighted by Crippen LogP contribution is 2.36. The summed E-state index contributed by atoms with van der Waals surface area (Å²) in [7, 11) is 4.33. The first-order valence-electron chi connectivity index (χ1n) is 11.9. The molecule has 1 fully saturated rings. The van der Waals surface area contributed by atoms with Gasteiger partial charge in [0.05, 0.1) is 40.5 Å². The minimum Gasteiger partial charge on any atom is -1.00 e. The summed E-state index contributed by atoms with van der Waals surface area (Å²) in [4.78, 5) is 13.9. The first kappa shape index (κ1) is 27.1. The van der Waals surface area contributed by atoms with Gasteiger partial charge in [0.25, 0.3) is 0 Å². The summed E-state index contributed by atoms with van der Waals surface area (Å²) >= 11 is 0. The van der Waals surface area contributed by atoms with Crippen molar-refractivity contribution in [2.45, 2.75) is 24.7 Å². The third-order valence-corrected chi connectivity index (χ3v) is 6.33. The van der Waals surface area contributed by atoms with Gasteiger partial charge in [0, 0.05) is 6.42 Å². The molecule has 0 spiro atoms. The largest absolute Gasteiger partial charge is 1.00 e. The summed E-state index contributed by atoms with van der Waals surface area (Å²) in [6, 6.07) is 29.3. The van der Waals surface area contributed by atoms with Gasteiger partial charge in [-0.15, -0.1) is 0 Å². The molecular weight excluding hydrogens is 506 g/mol. The molecule has 5 nitrogen and oxygen atoms in total. The molecule has 3 aromatic carbocycles. The number of carbonyl (C=O) groups excluding carboxylic acids is 1. The van der Waals surface area contributed by atoms with E-state index in [9.17, 15) is 4.79 Å². The van der Waals surface area contributed by atoms with Crippen LogP contribution in [0.15, 0.2) is 91.0 Å². The van der Waals surface area contributed by atoms with Gasteiger partial charge in [-0.1, -0.05) is 91.0 Å². The number of quaternary nitrogens is 1. The number of likely N-dealkylation sites (tertiary alicyclic amines) is 1. The Morgan fingerprint density at radius 3 is 1.91 bits per heavy atom. The van der Waals surface area contributed by atoms with Crippen molar-refractivity contribution in [1.82, 2.24) is 0 Å². The first-order chi connectivity index (χ1) is 16.5. The fourth-order valence-electron chi connectivity index (χ4n) is 4.55. The minimum atomic E-state index is -1.36. The zero-order valence-corrected chi connectivity index (χ0v) is 22.0. The van der Waals surface area contributed by atoms with Crippen LogP contribution < -0.4 is 17.0 Å². The number of nitrogens with zero attached hydrogens (tertiary/aromatic N) is 1. The molecule has 0 saturated carbocycles. The Kier molecular flexibility index (Phi) is 9.63. The molecule has 0 amide bonds. The highest BCUT2D eigenvalue weighted by Gasteiger charge is 2.47. The average molecular weight is 540 g/mol. The molecule has 0 bridgehead atoms. The summed E-state index contributed by atoms with van der Waals surface area (Å²) in [5.74, 6) is -0.375. The lowest BCUT2D eigenvalue weighted by atomic mass is 9.86. The lowest BCUT2D eigenvalue weighted by molar-refractivity contribution is -0.879. The maximum atomic E-state index is 13.9. The zero-order valence-electron chi connectivity index (χ0n) is 20.4. The van der Waals surface area contributed by atoms with Gasteiger partial charge in [-0.2, -0.15) is 0 Å². The van der Waals surface area contributed by atoms with E-state index in [4.69, 9.17) is 14.2 Å². The molecule has 0 aliphatic carbocycles. The second-order valence-electron chi connectivity index (χ2n) is 9.46. The van der Waals surface area contributed by atoms with Crippen LogP contribution in [0.1, 0.15) is 23.1 Å². The number of hydrogen-bond acceptors (Lipinski definition) is 4. The van der Waals surface area contributed by atoms with Crippen molar-refractivity contribution in [2.75, 3.05) is 40.4 Å². The van der Waals surface area contributed by atoms with Crippen LogP contribution in [0.5, 0.6) is 0 Å². The van der Waals surface area contributed by atoms with E-state index in [-0.39, 0.29) is 35.7 Å².